The van der Waals surface area contributed by atoms with Gasteiger partial charge >= 0.3 is 5.97 Å². The fourth-order valence-corrected chi connectivity index (χ4v) is 1.83. The quantitative estimate of drug-likeness (QED) is 0.761. The lowest BCUT2D eigenvalue weighted by atomic mass is 10.0. The van der Waals surface area contributed by atoms with E-state index in [4.69, 9.17) is 18.9 Å². The SMILES string of the molecule is CCOC(=O)[C@H](O)[C@H](OC)c1ccc(OC)c(OC)c1. The van der Waals surface area contributed by atoms with Gasteiger partial charge in [0.15, 0.2) is 17.6 Å². The largest absolute Gasteiger partial charge is 0.493 e. The second-order valence-corrected chi connectivity index (χ2v) is 3.97. The summed E-state index contributed by atoms with van der Waals surface area (Å²) in [6.07, 6.45) is -2.24. The third-order valence-electron chi connectivity index (χ3n) is 2.80. The van der Waals surface area contributed by atoms with Gasteiger partial charge in [0.05, 0.1) is 20.8 Å². The first-order valence-corrected chi connectivity index (χ1v) is 6.18. The van der Waals surface area contributed by atoms with Crippen LogP contribution in [0.25, 0.3) is 0 Å². The first-order chi connectivity index (χ1) is 9.58. The Morgan fingerprint density at radius 2 is 1.85 bits per heavy atom. The first-order valence-electron chi connectivity index (χ1n) is 6.18. The molecule has 6 heteroatoms. The van der Waals surface area contributed by atoms with E-state index in [2.05, 4.69) is 0 Å². The fourth-order valence-electron chi connectivity index (χ4n) is 1.83. The lowest BCUT2D eigenvalue weighted by Crippen LogP contribution is -2.31. The monoisotopic (exact) mass is 284 g/mol. The predicted molar refractivity (Wildman–Crippen MR) is 71.9 cm³/mol. The highest BCUT2D eigenvalue weighted by Crippen LogP contribution is 2.32. The lowest BCUT2D eigenvalue weighted by Gasteiger charge is -2.21. The molecule has 0 aliphatic rings. The van der Waals surface area contributed by atoms with Crippen LogP contribution in [0.15, 0.2) is 18.2 Å². The molecule has 1 aromatic carbocycles. The van der Waals surface area contributed by atoms with Gasteiger partial charge in [-0.25, -0.2) is 4.79 Å². The zero-order valence-corrected chi connectivity index (χ0v) is 12.1. The van der Waals surface area contributed by atoms with E-state index in [-0.39, 0.29) is 6.61 Å². The van der Waals surface area contributed by atoms with Crippen molar-refractivity contribution in [3.8, 4) is 11.5 Å². The molecule has 0 fully saturated rings. The summed E-state index contributed by atoms with van der Waals surface area (Å²) in [7, 11) is 4.44. The molecule has 0 aliphatic carbocycles. The molecule has 6 nitrogen and oxygen atoms in total. The third-order valence-corrected chi connectivity index (χ3v) is 2.80. The number of hydrogen-bond donors (Lipinski definition) is 1. The zero-order chi connectivity index (χ0) is 15.1. The van der Waals surface area contributed by atoms with Crippen molar-refractivity contribution in [2.24, 2.45) is 0 Å². The van der Waals surface area contributed by atoms with E-state index in [9.17, 15) is 9.90 Å². The standard InChI is InChI=1S/C14H20O6/c1-5-20-14(16)12(15)13(19-4)9-6-7-10(17-2)11(8-9)18-3/h6-8,12-13,15H,5H2,1-4H3/t12-,13-/m1/s1. The van der Waals surface area contributed by atoms with Crippen molar-refractivity contribution in [2.45, 2.75) is 19.1 Å². The molecule has 1 N–H and O–H groups in total. The molecule has 0 bridgehead atoms. The van der Waals surface area contributed by atoms with Crippen LogP contribution in [0.5, 0.6) is 11.5 Å². The first kappa shape index (κ1) is 16.3. The van der Waals surface area contributed by atoms with E-state index in [0.717, 1.165) is 0 Å². The summed E-state index contributed by atoms with van der Waals surface area (Å²) in [5.41, 5.74) is 0.589. The number of rotatable bonds is 7. The Hall–Kier alpha value is -1.79. The van der Waals surface area contributed by atoms with Crippen molar-refractivity contribution in [1.29, 1.82) is 0 Å². The summed E-state index contributed by atoms with van der Waals surface area (Å²) in [4.78, 5) is 11.6. The highest BCUT2D eigenvalue weighted by molar-refractivity contribution is 5.75. The maximum absolute atomic E-state index is 11.6. The van der Waals surface area contributed by atoms with E-state index >= 15 is 0 Å². The van der Waals surface area contributed by atoms with Crippen LogP contribution in [0.4, 0.5) is 0 Å². The molecule has 2 atom stereocenters. The van der Waals surface area contributed by atoms with Gasteiger partial charge in [-0.1, -0.05) is 6.07 Å². The molecule has 20 heavy (non-hydrogen) atoms. The highest BCUT2D eigenvalue weighted by Gasteiger charge is 2.29. The van der Waals surface area contributed by atoms with Crippen LogP contribution in [0.1, 0.15) is 18.6 Å². The molecule has 0 unspecified atom stereocenters. The number of hydrogen-bond acceptors (Lipinski definition) is 6. The number of carbonyl (C=O) groups is 1. The van der Waals surface area contributed by atoms with Gasteiger partial charge in [0.1, 0.15) is 6.10 Å². The molecule has 112 valence electrons. The molecule has 0 aliphatic heterocycles. The Labute approximate surface area is 118 Å². The second kappa shape index (κ2) is 7.72. The van der Waals surface area contributed by atoms with Crippen LogP contribution >= 0.6 is 0 Å². The molecule has 0 aromatic heterocycles. The number of methoxy groups -OCH3 is 3. The molecule has 1 rings (SSSR count). The summed E-state index contributed by atoms with van der Waals surface area (Å²) < 4.78 is 20.3. The summed E-state index contributed by atoms with van der Waals surface area (Å²) in [6, 6.07) is 5.02. The maximum Gasteiger partial charge on any atom is 0.338 e. The Kier molecular flexibility index (Phi) is 6.27. The van der Waals surface area contributed by atoms with Gasteiger partial charge in [0.25, 0.3) is 0 Å². The molecule has 0 spiro atoms. The van der Waals surface area contributed by atoms with E-state index < -0.39 is 18.2 Å². The Balaban J connectivity index is 3.03. The van der Waals surface area contributed by atoms with Gasteiger partial charge in [-0.05, 0) is 24.6 Å². The van der Waals surface area contributed by atoms with E-state index in [1.165, 1.54) is 21.3 Å². The van der Waals surface area contributed by atoms with Gasteiger partial charge < -0.3 is 24.1 Å². The van der Waals surface area contributed by atoms with Crippen molar-refractivity contribution in [3.05, 3.63) is 23.8 Å². The topological polar surface area (TPSA) is 74.2 Å². The van der Waals surface area contributed by atoms with E-state index in [1.807, 2.05) is 0 Å². The number of carbonyl (C=O) groups excluding carboxylic acids is 1. The van der Waals surface area contributed by atoms with Gasteiger partial charge in [-0.2, -0.15) is 0 Å². The number of esters is 1. The summed E-state index contributed by atoms with van der Waals surface area (Å²) >= 11 is 0. The number of ether oxygens (including phenoxy) is 4. The van der Waals surface area contributed by atoms with Crippen LogP contribution in [-0.4, -0.2) is 45.1 Å². The molecule has 0 amide bonds. The van der Waals surface area contributed by atoms with Crippen LogP contribution in [0.3, 0.4) is 0 Å². The number of aliphatic hydroxyl groups excluding tert-OH is 1. The molecular formula is C14H20O6. The normalized spacial score (nSPS) is 13.4. The van der Waals surface area contributed by atoms with Crippen LogP contribution < -0.4 is 9.47 Å². The van der Waals surface area contributed by atoms with Crippen molar-refractivity contribution < 1.29 is 28.8 Å². The van der Waals surface area contributed by atoms with Gasteiger partial charge in [-0.15, -0.1) is 0 Å². The van der Waals surface area contributed by atoms with Crippen LogP contribution in [0, 0.1) is 0 Å². The minimum Gasteiger partial charge on any atom is -0.493 e. The molecule has 0 saturated carbocycles. The highest BCUT2D eigenvalue weighted by atomic mass is 16.6. The third kappa shape index (κ3) is 3.61. The molecular weight excluding hydrogens is 264 g/mol. The number of aliphatic hydroxyl groups is 1. The minimum atomic E-state index is -1.40. The Morgan fingerprint density at radius 1 is 1.20 bits per heavy atom. The number of benzene rings is 1. The van der Waals surface area contributed by atoms with Crippen molar-refractivity contribution in [1.82, 2.24) is 0 Å². The van der Waals surface area contributed by atoms with Crippen LogP contribution in [0.2, 0.25) is 0 Å². The molecule has 1 aromatic rings. The van der Waals surface area contributed by atoms with Crippen molar-refractivity contribution in [2.75, 3.05) is 27.9 Å². The summed E-state index contributed by atoms with van der Waals surface area (Å²) in [6.45, 7) is 1.86. The van der Waals surface area contributed by atoms with Crippen LogP contribution in [-0.2, 0) is 14.3 Å². The second-order valence-electron chi connectivity index (χ2n) is 3.97. The fraction of sp³-hybridized carbons (Fsp3) is 0.500. The predicted octanol–water partition coefficient (Wildman–Crippen LogP) is 1.32. The average Bonchev–Trinajstić information content (AvgIpc) is 2.47. The average molecular weight is 284 g/mol. The molecule has 0 saturated heterocycles. The van der Waals surface area contributed by atoms with Crippen molar-refractivity contribution >= 4 is 5.97 Å². The van der Waals surface area contributed by atoms with E-state index in [1.54, 1.807) is 25.1 Å². The minimum absolute atomic E-state index is 0.193. The van der Waals surface area contributed by atoms with Gasteiger partial charge in [0, 0.05) is 7.11 Å². The maximum atomic E-state index is 11.6. The van der Waals surface area contributed by atoms with Gasteiger partial charge in [-0.3, -0.25) is 0 Å². The molecule has 0 heterocycles. The zero-order valence-electron chi connectivity index (χ0n) is 12.1. The summed E-state index contributed by atoms with van der Waals surface area (Å²) in [5, 5.41) is 9.98. The van der Waals surface area contributed by atoms with E-state index in [0.29, 0.717) is 17.1 Å². The van der Waals surface area contributed by atoms with Crippen molar-refractivity contribution in [3.63, 3.8) is 0 Å². The van der Waals surface area contributed by atoms with Gasteiger partial charge in [0.2, 0.25) is 0 Å². The smallest absolute Gasteiger partial charge is 0.338 e. The molecule has 0 radical (unpaired) electrons. The lowest BCUT2D eigenvalue weighted by molar-refractivity contribution is -0.161. The Morgan fingerprint density at radius 3 is 2.35 bits per heavy atom. The summed E-state index contributed by atoms with van der Waals surface area (Å²) in [5.74, 6) is 0.314. The Bertz CT molecular complexity index is 445.